The van der Waals surface area contributed by atoms with Gasteiger partial charge in [0.1, 0.15) is 0 Å². The SMILES string of the molecule is CC(C)Cn1cnc(S(=O)(=O)N(C)C(C)CN)c1.Cl. The van der Waals surface area contributed by atoms with Gasteiger partial charge in [0.05, 0.1) is 6.33 Å². The fourth-order valence-corrected chi connectivity index (χ4v) is 2.83. The lowest BCUT2D eigenvalue weighted by Gasteiger charge is -2.21. The van der Waals surface area contributed by atoms with E-state index in [2.05, 4.69) is 18.8 Å². The number of imidazole rings is 1. The first-order valence-corrected chi connectivity index (χ1v) is 7.43. The lowest BCUT2D eigenvalue weighted by molar-refractivity contribution is 0.393. The van der Waals surface area contributed by atoms with Crippen molar-refractivity contribution in [1.29, 1.82) is 0 Å². The molecule has 1 atom stereocenters. The molecule has 0 bridgehead atoms. The molecule has 0 aliphatic carbocycles. The Kier molecular flexibility index (Phi) is 6.99. The molecule has 8 heteroatoms. The highest BCUT2D eigenvalue weighted by molar-refractivity contribution is 7.89. The summed E-state index contributed by atoms with van der Waals surface area (Å²) in [5, 5.41) is 0.0750. The third kappa shape index (κ3) is 4.45. The van der Waals surface area contributed by atoms with Gasteiger partial charge in [0, 0.05) is 32.4 Å². The number of halogens is 1. The van der Waals surface area contributed by atoms with Crippen LogP contribution in [0.15, 0.2) is 17.6 Å². The summed E-state index contributed by atoms with van der Waals surface area (Å²) in [4.78, 5) is 3.97. The van der Waals surface area contributed by atoms with E-state index in [1.54, 1.807) is 24.0 Å². The Morgan fingerprint density at radius 1 is 1.42 bits per heavy atom. The van der Waals surface area contributed by atoms with Crippen LogP contribution in [-0.4, -0.2) is 41.9 Å². The Labute approximate surface area is 121 Å². The summed E-state index contributed by atoms with van der Waals surface area (Å²) in [6.45, 7) is 6.93. The van der Waals surface area contributed by atoms with Crippen LogP contribution in [0.1, 0.15) is 20.8 Å². The molecule has 1 heterocycles. The van der Waals surface area contributed by atoms with Crippen LogP contribution in [0.2, 0.25) is 0 Å². The van der Waals surface area contributed by atoms with Crippen LogP contribution in [0.5, 0.6) is 0 Å². The van der Waals surface area contributed by atoms with Gasteiger partial charge in [-0.2, -0.15) is 4.31 Å². The summed E-state index contributed by atoms with van der Waals surface area (Å²) in [6.07, 6.45) is 3.11. The average Bonchev–Trinajstić information content (AvgIpc) is 2.75. The van der Waals surface area contributed by atoms with Crippen molar-refractivity contribution in [2.45, 2.75) is 38.4 Å². The molecule has 19 heavy (non-hydrogen) atoms. The van der Waals surface area contributed by atoms with Gasteiger partial charge in [-0.15, -0.1) is 12.4 Å². The van der Waals surface area contributed by atoms with E-state index in [4.69, 9.17) is 5.73 Å². The van der Waals surface area contributed by atoms with Crippen molar-refractivity contribution >= 4 is 22.4 Å². The first-order valence-electron chi connectivity index (χ1n) is 5.99. The van der Waals surface area contributed by atoms with Crippen LogP contribution in [0.3, 0.4) is 0 Å². The fraction of sp³-hybridized carbons (Fsp3) is 0.727. The Balaban J connectivity index is 0.00000324. The Morgan fingerprint density at radius 3 is 2.47 bits per heavy atom. The van der Waals surface area contributed by atoms with Crippen LogP contribution < -0.4 is 5.73 Å². The maximum Gasteiger partial charge on any atom is 0.262 e. The zero-order valence-electron chi connectivity index (χ0n) is 11.8. The van der Waals surface area contributed by atoms with Crippen molar-refractivity contribution in [2.75, 3.05) is 13.6 Å². The molecule has 0 saturated heterocycles. The molecule has 1 rings (SSSR count). The maximum absolute atomic E-state index is 12.2. The fourth-order valence-electron chi connectivity index (χ4n) is 1.53. The lowest BCUT2D eigenvalue weighted by atomic mass is 10.2. The number of rotatable bonds is 6. The van der Waals surface area contributed by atoms with Crippen LogP contribution in [-0.2, 0) is 16.6 Å². The molecular formula is C11H23ClN4O2S. The highest BCUT2D eigenvalue weighted by atomic mass is 35.5. The normalized spacial score (nSPS) is 13.6. The number of likely N-dealkylation sites (N-methyl/N-ethyl adjacent to an activating group) is 1. The van der Waals surface area contributed by atoms with Gasteiger partial charge in [-0.25, -0.2) is 13.4 Å². The van der Waals surface area contributed by atoms with Crippen molar-refractivity contribution in [3.8, 4) is 0 Å². The summed E-state index contributed by atoms with van der Waals surface area (Å²) in [6, 6.07) is -0.245. The second-order valence-corrected chi connectivity index (χ2v) is 6.85. The number of nitrogens with zero attached hydrogens (tertiary/aromatic N) is 3. The molecule has 0 saturated carbocycles. The first-order chi connectivity index (χ1) is 8.28. The summed E-state index contributed by atoms with van der Waals surface area (Å²) in [7, 11) is -2.02. The van der Waals surface area contributed by atoms with E-state index in [1.807, 2.05) is 0 Å². The predicted octanol–water partition coefficient (Wildman–Crippen LogP) is 0.929. The molecule has 0 amide bonds. The summed E-state index contributed by atoms with van der Waals surface area (Å²) >= 11 is 0. The highest BCUT2D eigenvalue weighted by Crippen LogP contribution is 2.14. The molecule has 1 aromatic heterocycles. The van der Waals surface area contributed by atoms with Crippen molar-refractivity contribution in [3.05, 3.63) is 12.5 Å². The Bertz CT molecular complexity index is 487. The Hall–Kier alpha value is -0.630. The zero-order chi connectivity index (χ0) is 13.9. The number of hydrogen-bond acceptors (Lipinski definition) is 4. The van der Waals surface area contributed by atoms with Gasteiger partial charge in [0.2, 0.25) is 0 Å². The first kappa shape index (κ1) is 18.4. The molecule has 0 aliphatic rings. The highest BCUT2D eigenvalue weighted by Gasteiger charge is 2.26. The van der Waals surface area contributed by atoms with E-state index in [-0.39, 0.29) is 30.0 Å². The summed E-state index contributed by atoms with van der Waals surface area (Å²) < 4.78 is 27.5. The van der Waals surface area contributed by atoms with Crippen LogP contribution in [0.4, 0.5) is 0 Å². The number of hydrogen-bond donors (Lipinski definition) is 1. The molecule has 0 fully saturated rings. The molecule has 1 aromatic rings. The van der Waals surface area contributed by atoms with E-state index < -0.39 is 10.0 Å². The maximum atomic E-state index is 12.2. The standard InChI is InChI=1S/C11H22N4O2S.ClH/c1-9(2)6-15-7-11(13-8-15)18(16,17)14(4)10(3)5-12;/h7-10H,5-6,12H2,1-4H3;1H. The van der Waals surface area contributed by atoms with Crippen LogP contribution in [0.25, 0.3) is 0 Å². The summed E-state index contributed by atoms with van der Waals surface area (Å²) in [5.74, 6) is 0.440. The van der Waals surface area contributed by atoms with Crippen molar-refractivity contribution in [1.82, 2.24) is 13.9 Å². The largest absolute Gasteiger partial charge is 0.336 e. The molecule has 0 aromatic carbocycles. The second kappa shape index (κ2) is 7.23. The summed E-state index contributed by atoms with van der Waals surface area (Å²) in [5.41, 5.74) is 5.49. The van der Waals surface area contributed by atoms with E-state index >= 15 is 0 Å². The third-order valence-electron chi connectivity index (χ3n) is 2.79. The topological polar surface area (TPSA) is 81.2 Å². The number of nitrogens with two attached hydrogens (primary N) is 1. The predicted molar refractivity (Wildman–Crippen MR) is 77.8 cm³/mol. The van der Waals surface area contributed by atoms with Gasteiger partial charge in [-0.05, 0) is 12.8 Å². The van der Waals surface area contributed by atoms with Gasteiger partial charge in [-0.1, -0.05) is 13.8 Å². The minimum Gasteiger partial charge on any atom is -0.336 e. The molecule has 112 valence electrons. The molecule has 6 nitrogen and oxygen atoms in total. The monoisotopic (exact) mass is 310 g/mol. The second-order valence-electron chi connectivity index (χ2n) is 4.91. The minimum atomic E-state index is -3.54. The van der Waals surface area contributed by atoms with E-state index in [9.17, 15) is 8.42 Å². The molecule has 0 radical (unpaired) electrons. The number of aromatic nitrogens is 2. The molecule has 0 aliphatic heterocycles. The van der Waals surface area contributed by atoms with E-state index in [0.717, 1.165) is 6.54 Å². The van der Waals surface area contributed by atoms with Crippen molar-refractivity contribution in [3.63, 3.8) is 0 Å². The quantitative estimate of drug-likeness (QED) is 0.847. The van der Waals surface area contributed by atoms with Crippen LogP contribution in [0, 0.1) is 5.92 Å². The molecule has 0 spiro atoms. The van der Waals surface area contributed by atoms with Crippen molar-refractivity contribution < 1.29 is 8.42 Å². The lowest BCUT2D eigenvalue weighted by Crippen LogP contribution is -2.39. The molecule has 2 N–H and O–H groups in total. The minimum absolute atomic E-state index is 0. The third-order valence-corrected chi connectivity index (χ3v) is 4.65. The van der Waals surface area contributed by atoms with Gasteiger partial charge in [0.15, 0.2) is 5.03 Å². The van der Waals surface area contributed by atoms with Gasteiger partial charge < -0.3 is 10.3 Å². The van der Waals surface area contributed by atoms with E-state index in [0.29, 0.717) is 5.92 Å². The average molecular weight is 311 g/mol. The van der Waals surface area contributed by atoms with Crippen molar-refractivity contribution in [2.24, 2.45) is 11.7 Å². The van der Waals surface area contributed by atoms with E-state index in [1.165, 1.54) is 11.4 Å². The van der Waals surface area contributed by atoms with Gasteiger partial charge in [-0.3, -0.25) is 0 Å². The zero-order valence-corrected chi connectivity index (χ0v) is 13.4. The van der Waals surface area contributed by atoms with Gasteiger partial charge in [0.25, 0.3) is 10.0 Å². The smallest absolute Gasteiger partial charge is 0.262 e. The Morgan fingerprint density at radius 2 is 2.00 bits per heavy atom. The van der Waals surface area contributed by atoms with Gasteiger partial charge >= 0.3 is 0 Å². The molecule has 1 unspecified atom stereocenters. The van der Waals surface area contributed by atoms with Crippen LogP contribution >= 0.6 is 12.4 Å². The number of sulfonamides is 1. The molecular weight excluding hydrogens is 288 g/mol.